The fourth-order valence-corrected chi connectivity index (χ4v) is 2.19. The molecule has 1 aromatic carbocycles. The Labute approximate surface area is 132 Å². The smallest absolute Gasteiger partial charge is 0.169 e. The Morgan fingerprint density at radius 2 is 2.05 bits per heavy atom. The number of anilines is 1. The molecule has 0 fully saturated rings. The van der Waals surface area contributed by atoms with Crippen molar-refractivity contribution >= 4 is 21.7 Å². The number of ether oxygens (including phenoxy) is 1. The van der Waals surface area contributed by atoms with Gasteiger partial charge in [-0.2, -0.15) is 0 Å². The highest BCUT2D eigenvalue weighted by Crippen LogP contribution is 2.29. The minimum absolute atomic E-state index is 0.167. The lowest BCUT2D eigenvalue weighted by Gasteiger charge is -2.25. The van der Waals surface area contributed by atoms with Gasteiger partial charge in [-0.25, -0.2) is 9.37 Å². The number of hydrogen-bond acceptors (Lipinski definition) is 3. The van der Waals surface area contributed by atoms with Crippen LogP contribution in [0.5, 0.6) is 5.75 Å². The summed E-state index contributed by atoms with van der Waals surface area (Å²) in [5.41, 5.74) is -0.167. The second-order valence-electron chi connectivity index (χ2n) is 5.57. The van der Waals surface area contributed by atoms with Crippen molar-refractivity contribution in [1.82, 2.24) is 4.98 Å². The van der Waals surface area contributed by atoms with E-state index in [-0.39, 0.29) is 17.0 Å². The molecule has 1 aromatic heterocycles. The van der Waals surface area contributed by atoms with E-state index in [4.69, 9.17) is 4.74 Å². The third-order valence-electron chi connectivity index (χ3n) is 2.94. The van der Waals surface area contributed by atoms with Crippen LogP contribution < -0.4 is 10.1 Å². The molecular weight excluding hydrogens is 335 g/mol. The highest BCUT2D eigenvalue weighted by Gasteiger charge is 2.20. The third-order valence-corrected chi connectivity index (χ3v) is 3.56. The Bertz CT molecular complexity index is 570. The van der Waals surface area contributed by atoms with E-state index in [1.807, 2.05) is 18.2 Å². The van der Waals surface area contributed by atoms with E-state index >= 15 is 0 Å². The lowest BCUT2D eigenvalue weighted by Crippen LogP contribution is -2.30. The standard InChI is InChI=1S/C16H18BrFN2O/c1-16(2,10-20-14-8-3-4-9-19-14)11-21-15-12(17)6-5-7-13(15)18/h3-9H,10-11H2,1-2H3,(H,19,20). The van der Waals surface area contributed by atoms with E-state index in [1.165, 1.54) is 6.07 Å². The highest BCUT2D eigenvalue weighted by atomic mass is 79.9. The molecule has 5 heteroatoms. The summed E-state index contributed by atoms with van der Waals surface area (Å²) in [6, 6.07) is 10.5. The molecule has 1 heterocycles. The Morgan fingerprint density at radius 1 is 1.24 bits per heavy atom. The van der Waals surface area contributed by atoms with Gasteiger partial charge >= 0.3 is 0 Å². The maximum atomic E-state index is 13.7. The van der Waals surface area contributed by atoms with Crippen LogP contribution in [0.1, 0.15) is 13.8 Å². The number of halogens is 2. The number of hydrogen-bond donors (Lipinski definition) is 1. The third kappa shape index (κ3) is 4.70. The van der Waals surface area contributed by atoms with Crippen molar-refractivity contribution in [1.29, 1.82) is 0 Å². The van der Waals surface area contributed by atoms with Gasteiger partial charge in [0.15, 0.2) is 11.6 Å². The Morgan fingerprint density at radius 3 is 2.71 bits per heavy atom. The van der Waals surface area contributed by atoms with Crippen molar-refractivity contribution in [2.45, 2.75) is 13.8 Å². The molecule has 0 saturated carbocycles. The average molecular weight is 353 g/mol. The fraction of sp³-hybridized carbons (Fsp3) is 0.312. The molecule has 0 aliphatic heterocycles. The molecule has 0 spiro atoms. The van der Waals surface area contributed by atoms with Gasteiger partial charge in [-0.1, -0.05) is 26.0 Å². The summed E-state index contributed by atoms with van der Waals surface area (Å²) in [6.45, 7) is 5.18. The lowest BCUT2D eigenvalue weighted by molar-refractivity contribution is 0.184. The monoisotopic (exact) mass is 352 g/mol. The van der Waals surface area contributed by atoms with Crippen molar-refractivity contribution in [3.05, 3.63) is 52.9 Å². The van der Waals surface area contributed by atoms with Crippen LogP contribution in [0.4, 0.5) is 10.2 Å². The molecule has 0 aliphatic carbocycles. The number of nitrogens with zero attached hydrogens (tertiary/aromatic N) is 1. The summed E-state index contributed by atoms with van der Waals surface area (Å²) in [5, 5.41) is 3.25. The van der Waals surface area contributed by atoms with Crippen molar-refractivity contribution in [3.8, 4) is 5.75 Å². The maximum Gasteiger partial charge on any atom is 0.169 e. The Balaban J connectivity index is 1.92. The van der Waals surface area contributed by atoms with Gasteiger partial charge in [-0.3, -0.25) is 0 Å². The van der Waals surface area contributed by atoms with Crippen LogP contribution in [0.15, 0.2) is 47.1 Å². The van der Waals surface area contributed by atoms with E-state index in [9.17, 15) is 4.39 Å². The Hall–Kier alpha value is -1.62. The van der Waals surface area contributed by atoms with E-state index in [0.29, 0.717) is 17.6 Å². The minimum Gasteiger partial charge on any atom is -0.489 e. The zero-order valence-electron chi connectivity index (χ0n) is 12.1. The molecule has 1 N–H and O–H groups in total. The van der Waals surface area contributed by atoms with Crippen molar-refractivity contribution < 1.29 is 9.13 Å². The summed E-state index contributed by atoms with van der Waals surface area (Å²) in [4.78, 5) is 4.21. The molecule has 0 radical (unpaired) electrons. The minimum atomic E-state index is -0.363. The zero-order chi connectivity index (χ0) is 15.3. The van der Waals surface area contributed by atoms with Gasteiger partial charge in [0.2, 0.25) is 0 Å². The lowest BCUT2D eigenvalue weighted by atomic mass is 9.95. The van der Waals surface area contributed by atoms with E-state index in [1.54, 1.807) is 18.3 Å². The highest BCUT2D eigenvalue weighted by molar-refractivity contribution is 9.10. The number of para-hydroxylation sites is 1. The summed E-state index contributed by atoms with van der Waals surface area (Å²) >= 11 is 3.30. The van der Waals surface area contributed by atoms with Gasteiger partial charge in [-0.05, 0) is 40.2 Å². The quantitative estimate of drug-likeness (QED) is 0.830. The van der Waals surface area contributed by atoms with Crippen LogP contribution in [0.2, 0.25) is 0 Å². The Kier molecular flexibility index (Phi) is 5.17. The van der Waals surface area contributed by atoms with Crippen molar-refractivity contribution in [2.75, 3.05) is 18.5 Å². The van der Waals surface area contributed by atoms with Gasteiger partial charge in [0.25, 0.3) is 0 Å². The molecule has 2 rings (SSSR count). The number of rotatable bonds is 6. The normalized spacial score (nSPS) is 11.2. The molecule has 0 bridgehead atoms. The van der Waals surface area contributed by atoms with Gasteiger partial charge in [0.05, 0.1) is 11.1 Å². The molecule has 0 unspecified atom stereocenters. The second kappa shape index (κ2) is 6.89. The molecule has 0 atom stereocenters. The first kappa shape index (κ1) is 15.8. The first-order valence-corrected chi connectivity index (χ1v) is 7.49. The molecular formula is C16H18BrFN2O. The van der Waals surface area contributed by atoms with E-state index < -0.39 is 0 Å². The van der Waals surface area contributed by atoms with Gasteiger partial charge in [0.1, 0.15) is 5.82 Å². The van der Waals surface area contributed by atoms with Gasteiger partial charge < -0.3 is 10.1 Å². The number of pyridine rings is 1. The van der Waals surface area contributed by atoms with Crippen LogP contribution in [-0.4, -0.2) is 18.1 Å². The van der Waals surface area contributed by atoms with Crippen LogP contribution >= 0.6 is 15.9 Å². The fourth-order valence-electron chi connectivity index (χ4n) is 1.74. The zero-order valence-corrected chi connectivity index (χ0v) is 13.7. The first-order valence-electron chi connectivity index (χ1n) is 6.70. The summed E-state index contributed by atoms with van der Waals surface area (Å²) in [7, 11) is 0. The molecule has 2 aromatic rings. The summed E-state index contributed by atoms with van der Waals surface area (Å²) in [6.07, 6.45) is 1.74. The van der Waals surface area contributed by atoms with E-state index in [0.717, 1.165) is 5.82 Å². The largest absolute Gasteiger partial charge is 0.489 e. The predicted molar refractivity (Wildman–Crippen MR) is 86.1 cm³/mol. The molecule has 0 aliphatic rings. The number of nitrogens with one attached hydrogen (secondary N) is 1. The molecule has 3 nitrogen and oxygen atoms in total. The average Bonchev–Trinajstić information content (AvgIpc) is 2.46. The second-order valence-corrected chi connectivity index (χ2v) is 6.43. The number of benzene rings is 1. The van der Waals surface area contributed by atoms with Crippen molar-refractivity contribution in [3.63, 3.8) is 0 Å². The number of aromatic nitrogens is 1. The topological polar surface area (TPSA) is 34.2 Å². The SMILES string of the molecule is CC(C)(CNc1ccccn1)COc1c(F)cccc1Br. The molecule has 0 amide bonds. The van der Waals surface area contributed by atoms with Gasteiger partial charge in [-0.15, -0.1) is 0 Å². The van der Waals surface area contributed by atoms with E-state index in [2.05, 4.69) is 40.1 Å². The summed E-state index contributed by atoms with van der Waals surface area (Å²) < 4.78 is 20.0. The van der Waals surface area contributed by atoms with Crippen LogP contribution in [0, 0.1) is 11.2 Å². The summed E-state index contributed by atoms with van der Waals surface area (Å²) in [5.74, 6) is 0.707. The van der Waals surface area contributed by atoms with Crippen LogP contribution in [0.25, 0.3) is 0 Å². The van der Waals surface area contributed by atoms with Crippen LogP contribution in [-0.2, 0) is 0 Å². The van der Waals surface area contributed by atoms with Gasteiger partial charge in [0, 0.05) is 18.2 Å². The maximum absolute atomic E-state index is 13.7. The van der Waals surface area contributed by atoms with Crippen LogP contribution in [0.3, 0.4) is 0 Å². The molecule has 21 heavy (non-hydrogen) atoms. The molecule has 112 valence electrons. The predicted octanol–water partition coefficient (Wildman–Crippen LogP) is 4.50. The molecule has 0 saturated heterocycles. The first-order chi connectivity index (χ1) is 9.98. The van der Waals surface area contributed by atoms with Crippen molar-refractivity contribution in [2.24, 2.45) is 5.41 Å².